The first-order chi connectivity index (χ1) is 7.61. The van der Waals surface area contributed by atoms with E-state index in [4.69, 9.17) is 0 Å². The van der Waals surface area contributed by atoms with E-state index in [-0.39, 0.29) is 5.91 Å². The van der Waals surface area contributed by atoms with E-state index in [1.807, 2.05) is 30.5 Å². The smallest absolute Gasteiger partial charge is 0.224 e. The molecule has 0 radical (unpaired) electrons. The van der Waals surface area contributed by atoms with Gasteiger partial charge in [-0.25, -0.2) is 0 Å². The molecule has 0 spiro atoms. The lowest BCUT2D eigenvalue weighted by molar-refractivity contribution is -0.116. The summed E-state index contributed by atoms with van der Waals surface area (Å²) < 4.78 is 0. The lowest BCUT2D eigenvalue weighted by atomic mass is 10.1. The molecule has 1 rings (SSSR count). The van der Waals surface area contributed by atoms with E-state index in [1.165, 1.54) is 4.90 Å². The Morgan fingerprint density at radius 2 is 1.94 bits per heavy atom. The van der Waals surface area contributed by atoms with Crippen LogP contribution in [0.5, 0.6) is 0 Å². The number of nitrogens with one attached hydrogen (secondary N) is 1. The van der Waals surface area contributed by atoms with E-state index in [1.54, 1.807) is 11.8 Å². The molecular weight excluding hydrogens is 218 g/mol. The average molecular weight is 237 g/mol. The molecule has 0 fully saturated rings. The topological polar surface area (TPSA) is 29.1 Å². The first kappa shape index (κ1) is 13.1. The molecule has 0 saturated heterocycles. The van der Waals surface area contributed by atoms with Gasteiger partial charge in [0.2, 0.25) is 5.91 Å². The maximum atomic E-state index is 11.6. The van der Waals surface area contributed by atoms with Crippen molar-refractivity contribution in [2.45, 2.75) is 31.6 Å². The fourth-order valence-corrected chi connectivity index (χ4v) is 1.73. The van der Waals surface area contributed by atoms with E-state index in [9.17, 15) is 4.79 Å². The molecule has 1 N–H and O–H groups in total. The molecule has 0 saturated carbocycles. The molecule has 88 valence electrons. The largest absolute Gasteiger partial charge is 0.326 e. The monoisotopic (exact) mass is 237 g/mol. The van der Waals surface area contributed by atoms with Gasteiger partial charge in [-0.3, -0.25) is 4.79 Å². The zero-order chi connectivity index (χ0) is 12.0. The minimum atomic E-state index is 0.102. The number of hydrogen-bond acceptors (Lipinski definition) is 2. The van der Waals surface area contributed by atoms with E-state index >= 15 is 0 Å². The van der Waals surface area contributed by atoms with E-state index in [2.05, 4.69) is 19.2 Å². The average Bonchev–Trinajstić information content (AvgIpc) is 2.27. The molecule has 0 bridgehead atoms. The predicted octanol–water partition coefficient (Wildman–Crippen LogP) is 3.78. The predicted molar refractivity (Wildman–Crippen MR) is 70.9 cm³/mol. The van der Waals surface area contributed by atoms with Crippen molar-refractivity contribution in [1.82, 2.24) is 0 Å². The molecule has 0 unspecified atom stereocenters. The third kappa shape index (κ3) is 4.71. The van der Waals surface area contributed by atoms with Gasteiger partial charge in [-0.05, 0) is 42.9 Å². The molecular formula is C13H19NOS. The van der Waals surface area contributed by atoms with Gasteiger partial charge < -0.3 is 5.32 Å². The van der Waals surface area contributed by atoms with Crippen LogP contribution >= 0.6 is 11.8 Å². The van der Waals surface area contributed by atoms with Crippen molar-refractivity contribution in [3.05, 3.63) is 24.3 Å². The highest BCUT2D eigenvalue weighted by Gasteiger charge is 2.03. The maximum absolute atomic E-state index is 11.6. The number of amides is 1. The Bertz CT molecular complexity index is 332. The van der Waals surface area contributed by atoms with Gasteiger partial charge in [-0.15, -0.1) is 11.8 Å². The summed E-state index contributed by atoms with van der Waals surface area (Å²) in [5, 5.41) is 2.90. The second-order valence-electron chi connectivity index (χ2n) is 4.21. The fraction of sp³-hybridized carbons (Fsp3) is 0.462. The third-order valence-corrected chi connectivity index (χ3v) is 3.07. The van der Waals surface area contributed by atoms with Crippen molar-refractivity contribution >= 4 is 23.4 Å². The Hall–Kier alpha value is -0.960. The summed E-state index contributed by atoms with van der Waals surface area (Å²) in [6.07, 6.45) is 3.58. The number of carbonyl (C=O) groups is 1. The van der Waals surface area contributed by atoms with Crippen LogP contribution in [0.3, 0.4) is 0 Å². The molecule has 0 heterocycles. The highest BCUT2D eigenvalue weighted by molar-refractivity contribution is 7.98. The van der Waals surface area contributed by atoms with E-state index in [0.29, 0.717) is 12.3 Å². The Kier molecular flexibility index (Phi) is 5.39. The second-order valence-corrected chi connectivity index (χ2v) is 5.09. The van der Waals surface area contributed by atoms with Gasteiger partial charge in [0.05, 0.1) is 0 Å². The molecule has 1 aromatic rings. The van der Waals surface area contributed by atoms with Crippen molar-refractivity contribution in [2.24, 2.45) is 5.92 Å². The number of carbonyl (C=O) groups excluding carboxylic acids is 1. The number of thioether (sulfide) groups is 1. The summed E-state index contributed by atoms with van der Waals surface area (Å²) in [7, 11) is 0. The zero-order valence-electron chi connectivity index (χ0n) is 10.1. The van der Waals surface area contributed by atoms with Gasteiger partial charge in [-0.2, -0.15) is 0 Å². The molecule has 0 atom stereocenters. The SMILES string of the molecule is CSc1ccc(NC(=O)CCC(C)C)cc1. The summed E-state index contributed by atoms with van der Waals surface area (Å²) in [5.41, 5.74) is 0.881. The van der Waals surface area contributed by atoms with Crippen LogP contribution in [0, 0.1) is 5.92 Å². The molecule has 0 aliphatic rings. The van der Waals surface area contributed by atoms with Crippen LogP contribution in [0.15, 0.2) is 29.2 Å². The summed E-state index contributed by atoms with van der Waals surface area (Å²) in [6, 6.07) is 7.92. The van der Waals surface area contributed by atoms with Gasteiger partial charge >= 0.3 is 0 Å². The van der Waals surface area contributed by atoms with E-state index < -0.39 is 0 Å². The van der Waals surface area contributed by atoms with Crippen molar-refractivity contribution < 1.29 is 4.79 Å². The van der Waals surface area contributed by atoms with Crippen LogP contribution in [0.2, 0.25) is 0 Å². The first-order valence-corrected chi connectivity index (χ1v) is 6.78. The quantitative estimate of drug-likeness (QED) is 0.790. The van der Waals surface area contributed by atoms with Crippen molar-refractivity contribution in [2.75, 3.05) is 11.6 Å². The molecule has 1 aromatic carbocycles. The lowest BCUT2D eigenvalue weighted by Crippen LogP contribution is -2.11. The van der Waals surface area contributed by atoms with E-state index in [0.717, 1.165) is 12.1 Å². The van der Waals surface area contributed by atoms with Gasteiger partial charge in [0.1, 0.15) is 0 Å². The number of benzene rings is 1. The van der Waals surface area contributed by atoms with Crippen molar-refractivity contribution in [3.8, 4) is 0 Å². The zero-order valence-corrected chi connectivity index (χ0v) is 10.9. The third-order valence-electron chi connectivity index (χ3n) is 2.32. The van der Waals surface area contributed by atoms with Gasteiger partial charge in [0.15, 0.2) is 0 Å². The summed E-state index contributed by atoms with van der Waals surface area (Å²) in [6.45, 7) is 4.25. The first-order valence-electron chi connectivity index (χ1n) is 5.55. The normalized spacial score (nSPS) is 10.5. The van der Waals surface area contributed by atoms with Crippen LogP contribution in [0.25, 0.3) is 0 Å². The minimum Gasteiger partial charge on any atom is -0.326 e. The highest BCUT2D eigenvalue weighted by Crippen LogP contribution is 2.17. The molecule has 16 heavy (non-hydrogen) atoms. The fourth-order valence-electron chi connectivity index (χ4n) is 1.32. The second kappa shape index (κ2) is 6.59. The molecule has 0 aromatic heterocycles. The summed E-state index contributed by atoms with van der Waals surface area (Å²) in [5.74, 6) is 0.676. The van der Waals surface area contributed by atoms with Crippen LogP contribution in [0.1, 0.15) is 26.7 Å². The van der Waals surface area contributed by atoms with Crippen LogP contribution in [0.4, 0.5) is 5.69 Å². The summed E-state index contributed by atoms with van der Waals surface area (Å²) >= 11 is 1.70. The Morgan fingerprint density at radius 1 is 1.31 bits per heavy atom. The molecule has 0 aliphatic heterocycles. The summed E-state index contributed by atoms with van der Waals surface area (Å²) in [4.78, 5) is 12.8. The Morgan fingerprint density at radius 3 is 2.44 bits per heavy atom. The Balaban J connectivity index is 2.43. The standard InChI is InChI=1S/C13H19NOS/c1-10(2)4-9-13(15)14-11-5-7-12(16-3)8-6-11/h5-8,10H,4,9H2,1-3H3,(H,14,15). The van der Waals surface area contributed by atoms with Crippen LogP contribution in [-0.2, 0) is 4.79 Å². The van der Waals surface area contributed by atoms with Gasteiger partial charge in [-0.1, -0.05) is 13.8 Å². The molecule has 1 amide bonds. The van der Waals surface area contributed by atoms with Gasteiger partial charge in [0.25, 0.3) is 0 Å². The number of hydrogen-bond donors (Lipinski definition) is 1. The van der Waals surface area contributed by atoms with Crippen LogP contribution in [-0.4, -0.2) is 12.2 Å². The van der Waals surface area contributed by atoms with Crippen molar-refractivity contribution in [3.63, 3.8) is 0 Å². The number of rotatable bonds is 5. The van der Waals surface area contributed by atoms with Crippen molar-refractivity contribution in [1.29, 1.82) is 0 Å². The maximum Gasteiger partial charge on any atom is 0.224 e. The highest BCUT2D eigenvalue weighted by atomic mass is 32.2. The molecule has 0 aliphatic carbocycles. The molecule has 3 heteroatoms. The van der Waals surface area contributed by atoms with Gasteiger partial charge in [0, 0.05) is 17.0 Å². The number of anilines is 1. The van der Waals surface area contributed by atoms with Crippen LogP contribution < -0.4 is 5.32 Å². The lowest BCUT2D eigenvalue weighted by Gasteiger charge is -2.07. The molecule has 2 nitrogen and oxygen atoms in total. The Labute approximate surface area is 102 Å². The minimum absolute atomic E-state index is 0.102.